The molecule has 0 radical (unpaired) electrons. The zero-order valence-electron chi connectivity index (χ0n) is 13.2. The van der Waals surface area contributed by atoms with Crippen LogP contribution in [0, 0.1) is 11.8 Å². The van der Waals surface area contributed by atoms with Crippen LogP contribution in [0.3, 0.4) is 0 Å². The van der Waals surface area contributed by atoms with Crippen molar-refractivity contribution in [2.45, 2.75) is 89.9 Å². The zero-order valence-corrected chi connectivity index (χ0v) is 13.2. The van der Waals surface area contributed by atoms with Crippen molar-refractivity contribution in [1.29, 1.82) is 0 Å². The Bertz CT molecular complexity index is 256. The molecule has 0 heterocycles. The lowest BCUT2D eigenvalue weighted by atomic mass is 9.81. The maximum atomic E-state index is 6.54. The quantitative estimate of drug-likeness (QED) is 0.808. The number of hydrogen-bond acceptors (Lipinski definition) is 2. The predicted molar refractivity (Wildman–Crippen MR) is 81.4 cm³/mol. The molecule has 1 N–H and O–H groups in total. The van der Waals surface area contributed by atoms with Crippen molar-refractivity contribution in [3.8, 4) is 0 Å². The average molecular weight is 267 g/mol. The van der Waals surface area contributed by atoms with Gasteiger partial charge in [-0.1, -0.05) is 39.5 Å². The van der Waals surface area contributed by atoms with E-state index in [0.29, 0.717) is 18.2 Å². The Balaban J connectivity index is 1.87. The van der Waals surface area contributed by atoms with Gasteiger partial charge in [0.1, 0.15) is 0 Å². The van der Waals surface area contributed by atoms with Gasteiger partial charge in [-0.2, -0.15) is 0 Å². The lowest BCUT2D eigenvalue weighted by Crippen LogP contribution is -2.46. The van der Waals surface area contributed by atoms with E-state index >= 15 is 0 Å². The smallest absolute Gasteiger partial charge is 0.0734 e. The molecule has 2 saturated carbocycles. The van der Waals surface area contributed by atoms with Gasteiger partial charge in [-0.15, -0.1) is 0 Å². The molecule has 5 unspecified atom stereocenters. The second kappa shape index (κ2) is 7.64. The van der Waals surface area contributed by atoms with E-state index in [1.807, 2.05) is 0 Å². The Morgan fingerprint density at radius 2 is 1.68 bits per heavy atom. The third-order valence-electron chi connectivity index (χ3n) is 5.53. The van der Waals surface area contributed by atoms with Gasteiger partial charge in [0, 0.05) is 6.04 Å². The van der Waals surface area contributed by atoms with Crippen LogP contribution < -0.4 is 5.32 Å². The summed E-state index contributed by atoms with van der Waals surface area (Å²) in [5.41, 5.74) is 0. The first-order chi connectivity index (χ1) is 9.26. The van der Waals surface area contributed by atoms with Gasteiger partial charge in [0.25, 0.3) is 0 Å². The van der Waals surface area contributed by atoms with Gasteiger partial charge in [0.2, 0.25) is 0 Å². The summed E-state index contributed by atoms with van der Waals surface area (Å²) in [4.78, 5) is 0. The number of likely N-dealkylation sites (N-methyl/N-ethyl adjacent to an activating group) is 1. The van der Waals surface area contributed by atoms with Gasteiger partial charge in [0.15, 0.2) is 0 Å². The maximum absolute atomic E-state index is 6.54. The molecular formula is C17H33NO. The van der Waals surface area contributed by atoms with Crippen molar-refractivity contribution in [1.82, 2.24) is 5.32 Å². The number of nitrogens with one attached hydrogen (secondary N) is 1. The summed E-state index contributed by atoms with van der Waals surface area (Å²) in [6.45, 7) is 4.66. The first kappa shape index (κ1) is 15.3. The van der Waals surface area contributed by atoms with Crippen molar-refractivity contribution in [3.05, 3.63) is 0 Å². The molecule has 2 nitrogen and oxygen atoms in total. The van der Waals surface area contributed by atoms with Crippen LogP contribution in [0.2, 0.25) is 0 Å². The van der Waals surface area contributed by atoms with Gasteiger partial charge in [-0.05, 0) is 51.0 Å². The first-order valence-corrected chi connectivity index (χ1v) is 8.59. The summed E-state index contributed by atoms with van der Waals surface area (Å²) in [6.07, 6.45) is 13.0. The first-order valence-electron chi connectivity index (χ1n) is 8.59. The van der Waals surface area contributed by atoms with Crippen molar-refractivity contribution in [3.63, 3.8) is 0 Å². The molecule has 2 fully saturated rings. The van der Waals surface area contributed by atoms with Crippen LogP contribution in [0.4, 0.5) is 0 Å². The summed E-state index contributed by atoms with van der Waals surface area (Å²) < 4.78 is 6.54. The van der Waals surface area contributed by atoms with E-state index in [4.69, 9.17) is 4.74 Å². The summed E-state index contributed by atoms with van der Waals surface area (Å²) >= 11 is 0. The topological polar surface area (TPSA) is 21.3 Å². The third-order valence-corrected chi connectivity index (χ3v) is 5.53. The lowest BCUT2D eigenvalue weighted by Gasteiger charge is -2.39. The lowest BCUT2D eigenvalue weighted by molar-refractivity contribution is -0.0765. The Labute approximate surface area is 119 Å². The highest BCUT2D eigenvalue weighted by Crippen LogP contribution is 2.34. The fraction of sp³-hybridized carbons (Fsp3) is 1.00. The summed E-state index contributed by atoms with van der Waals surface area (Å²) in [5, 5.41) is 3.49. The van der Waals surface area contributed by atoms with Crippen LogP contribution in [0.15, 0.2) is 0 Å². The van der Waals surface area contributed by atoms with E-state index in [-0.39, 0.29) is 0 Å². The molecule has 0 aromatic heterocycles. The summed E-state index contributed by atoms with van der Waals surface area (Å²) in [5.74, 6) is 1.80. The Kier molecular flexibility index (Phi) is 6.15. The highest BCUT2D eigenvalue weighted by atomic mass is 16.5. The minimum Gasteiger partial charge on any atom is -0.373 e. The standard InChI is InChI=1S/C17H33NO/c1-4-13-7-6-8-15(11-13)19-17-12-14(5-2)9-10-16(17)18-3/h13-18H,4-12H2,1-3H3. The Morgan fingerprint density at radius 3 is 2.37 bits per heavy atom. The number of ether oxygens (including phenoxy) is 1. The zero-order chi connectivity index (χ0) is 13.7. The third kappa shape index (κ3) is 4.19. The minimum atomic E-state index is 0.462. The van der Waals surface area contributed by atoms with Crippen LogP contribution in [0.1, 0.15) is 71.6 Å². The molecule has 2 rings (SSSR count). The van der Waals surface area contributed by atoms with E-state index < -0.39 is 0 Å². The predicted octanol–water partition coefficient (Wildman–Crippen LogP) is 4.14. The van der Waals surface area contributed by atoms with Gasteiger partial charge < -0.3 is 10.1 Å². The van der Waals surface area contributed by atoms with E-state index in [9.17, 15) is 0 Å². The van der Waals surface area contributed by atoms with Crippen LogP contribution in [0.25, 0.3) is 0 Å². The molecule has 0 amide bonds. The molecular weight excluding hydrogens is 234 g/mol. The summed E-state index contributed by atoms with van der Waals surface area (Å²) in [6, 6.07) is 0.588. The normalized spacial score (nSPS) is 40.3. The molecule has 2 aliphatic rings. The number of hydrogen-bond donors (Lipinski definition) is 1. The fourth-order valence-electron chi connectivity index (χ4n) is 4.05. The Morgan fingerprint density at radius 1 is 0.947 bits per heavy atom. The highest BCUT2D eigenvalue weighted by Gasteiger charge is 2.32. The van der Waals surface area contributed by atoms with Crippen molar-refractivity contribution in [2.75, 3.05) is 7.05 Å². The van der Waals surface area contributed by atoms with E-state index in [0.717, 1.165) is 11.8 Å². The van der Waals surface area contributed by atoms with Gasteiger partial charge in [-0.25, -0.2) is 0 Å². The maximum Gasteiger partial charge on any atom is 0.0734 e. The molecule has 2 aliphatic carbocycles. The molecule has 5 atom stereocenters. The largest absolute Gasteiger partial charge is 0.373 e. The average Bonchev–Trinajstić information content (AvgIpc) is 2.47. The minimum absolute atomic E-state index is 0.462. The molecule has 19 heavy (non-hydrogen) atoms. The molecule has 0 aliphatic heterocycles. The second-order valence-electron chi connectivity index (χ2n) is 6.72. The van der Waals surface area contributed by atoms with Crippen molar-refractivity contribution in [2.24, 2.45) is 11.8 Å². The Hall–Kier alpha value is -0.0800. The molecule has 0 aromatic carbocycles. The number of rotatable bonds is 5. The van der Waals surface area contributed by atoms with Crippen molar-refractivity contribution >= 4 is 0 Å². The van der Waals surface area contributed by atoms with E-state index in [1.165, 1.54) is 57.8 Å². The van der Waals surface area contributed by atoms with Gasteiger partial charge in [0.05, 0.1) is 12.2 Å². The molecule has 0 saturated heterocycles. The summed E-state index contributed by atoms with van der Waals surface area (Å²) in [7, 11) is 2.10. The van der Waals surface area contributed by atoms with E-state index in [2.05, 4.69) is 26.2 Å². The molecule has 2 heteroatoms. The van der Waals surface area contributed by atoms with Gasteiger partial charge in [-0.3, -0.25) is 0 Å². The second-order valence-corrected chi connectivity index (χ2v) is 6.72. The van der Waals surface area contributed by atoms with E-state index in [1.54, 1.807) is 0 Å². The van der Waals surface area contributed by atoms with Gasteiger partial charge >= 0.3 is 0 Å². The monoisotopic (exact) mass is 267 g/mol. The molecule has 0 aromatic rings. The SMILES string of the molecule is CCC1CCCC(OC2CC(CC)CCC2NC)C1. The highest BCUT2D eigenvalue weighted by molar-refractivity contribution is 4.86. The van der Waals surface area contributed by atoms with Crippen LogP contribution in [0.5, 0.6) is 0 Å². The van der Waals surface area contributed by atoms with Crippen LogP contribution in [-0.4, -0.2) is 25.3 Å². The van der Waals surface area contributed by atoms with Crippen LogP contribution in [-0.2, 0) is 4.74 Å². The van der Waals surface area contributed by atoms with Crippen molar-refractivity contribution < 1.29 is 4.74 Å². The molecule has 0 bridgehead atoms. The van der Waals surface area contributed by atoms with Crippen LogP contribution >= 0.6 is 0 Å². The molecule has 112 valence electrons. The fourth-order valence-corrected chi connectivity index (χ4v) is 4.05. The molecule has 0 spiro atoms.